The van der Waals surface area contributed by atoms with E-state index in [9.17, 15) is 9.59 Å². The van der Waals surface area contributed by atoms with Crippen molar-refractivity contribution >= 4 is 11.8 Å². The molecule has 5 heteroatoms. The predicted octanol–water partition coefficient (Wildman–Crippen LogP) is 0.358. The highest BCUT2D eigenvalue weighted by atomic mass is 16.2. The highest BCUT2D eigenvalue weighted by Crippen LogP contribution is 2.19. The lowest BCUT2D eigenvalue weighted by Crippen LogP contribution is -2.50. The van der Waals surface area contributed by atoms with Crippen LogP contribution in [0.25, 0.3) is 0 Å². The second-order valence-electron chi connectivity index (χ2n) is 5.26. The second kappa shape index (κ2) is 6.73. The number of nitrogens with one attached hydrogen (secondary N) is 2. The SMILES string of the molecule is CNC(=O)C1CCN(C(C)C(=O)NC(C)C)CC1. The fourth-order valence-corrected chi connectivity index (χ4v) is 2.32. The van der Waals surface area contributed by atoms with Gasteiger partial charge in [-0.1, -0.05) is 0 Å². The van der Waals surface area contributed by atoms with Crippen molar-refractivity contribution in [2.45, 2.75) is 45.7 Å². The summed E-state index contributed by atoms with van der Waals surface area (Å²) in [5.74, 6) is 0.295. The minimum atomic E-state index is -0.113. The first-order valence-corrected chi connectivity index (χ1v) is 6.71. The van der Waals surface area contributed by atoms with E-state index in [4.69, 9.17) is 0 Å². The second-order valence-corrected chi connectivity index (χ2v) is 5.26. The Morgan fingerprint density at radius 1 is 1.17 bits per heavy atom. The summed E-state index contributed by atoms with van der Waals surface area (Å²) in [4.78, 5) is 25.6. The highest BCUT2D eigenvalue weighted by molar-refractivity contribution is 5.81. The fourth-order valence-electron chi connectivity index (χ4n) is 2.32. The maximum absolute atomic E-state index is 11.9. The minimum absolute atomic E-state index is 0.0726. The molecule has 0 radical (unpaired) electrons. The summed E-state index contributed by atoms with van der Waals surface area (Å²) in [7, 11) is 1.67. The van der Waals surface area contributed by atoms with Crippen LogP contribution in [0.3, 0.4) is 0 Å². The van der Waals surface area contributed by atoms with Gasteiger partial charge in [0.25, 0.3) is 0 Å². The molecule has 0 spiro atoms. The molecule has 1 aliphatic rings. The van der Waals surface area contributed by atoms with Crippen LogP contribution in [-0.2, 0) is 9.59 Å². The molecule has 1 heterocycles. The van der Waals surface area contributed by atoms with Gasteiger partial charge in [-0.05, 0) is 46.7 Å². The molecule has 5 nitrogen and oxygen atoms in total. The molecule has 0 aromatic rings. The quantitative estimate of drug-likeness (QED) is 0.762. The van der Waals surface area contributed by atoms with Crippen LogP contribution in [0.5, 0.6) is 0 Å². The number of nitrogens with zero attached hydrogens (tertiary/aromatic N) is 1. The lowest BCUT2D eigenvalue weighted by molar-refractivity contribution is -0.128. The molecule has 0 aliphatic carbocycles. The Hall–Kier alpha value is -1.10. The van der Waals surface area contributed by atoms with E-state index in [1.807, 2.05) is 20.8 Å². The van der Waals surface area contributed by atoms with Crippen molar-refractivity contribution in [3.05, 3.63) is 0 Å². The van der Waals surface area contributed by atoms with E-state index in [-0.39, 0.29) is 29.8 Å². The number of carbonyl (C=O) groups excluding carboxylic acids is 2. The van der Waals surface area contributed by atoms with Gasteiger partial charge in [0.05, 0.1) is 6.04 Å². The number of likely N-dealkylation sites (tertiary alicyclic amines) is 1. The Labute approximate surface area is 109 Å². The van der Waals surface area contributed by atoms with Crippen LogP contribution in [0.15, 0.2) is 0 Å². The molecule has 18 heavy (non-hydrogen) atoms. The number of carbonyl (C=O) groups is 2. The molecule has 1 rings (SSSR count). The third-order valence-corrected chi connectivity index (χ3v) is 3.50. The summed E-state index contributed by atoms with van der Waals surface area (Å²) in [6, 6.07) is 0.0568. The minimum Gasteiger partial charge on any atom is -0.359 e. The molecule has 0 bridgehead atoms. The topological polar surface area (TPSA) is 61.4 Å². The number of piperidine rings is 1. The summed E-state index contributed by atoms with van der Waals surface area (Å²) in [6.45, 7) is 7.47. The molecule has 104 valence electrons. The van der Waals surface area contributed by atoms with E-state index in [1.54, 1.807) is 7.05 Å². The van der Waals surface area contributed by atoms with E-state index < -0.39 is 0 Å². The molecular formula is C13H25N3O2. The summed E-state index contributed by atoms with van der Waals surface area (Å²) >= 11 is 0. The van der Waals surface area contributed by atoms with Gasteiger partial charge in [-0.2, -0.15) is 0 Å². The Morgan fingerprint density at radius 3 is 2.17 bits per heavy atom. The van der Waals surface area contributed by atoms with E-state index in [1.165, 1.54) is 0 Å². The van der Waals surface area contributed by atoms with Gasteiger partial charge in [-0.25, -0.2) is 0 Å². The van der Waals surface area contributed by atoms with E-state index in [0.717, 1.165) is 25.9 Å². The van der Waals surface area contributed by atoms with Crippen LogP contribution in [0.1, 0.15) is 33.6 Å². The van der Waals surface area contributed by atoms with E-state index >= 15 is 0 Å². The third-order valence-electron chi connectivity index (χ3n) is 3.50. The lowest BCUT2D eigenvalue weighted by Gasteiger charge is -2.34. The highest BCUT2D eigenvalue weighted by Gasteiger charge is 2.29. The van der Waals surface area contributed by atoms with Gasteiger partial charge >= 0.3 is 0 Å². The van der Waals surface area contributed by atoms with Gasteiger partial charge in [-0.15, -0.1) is 0 Å². The standard InChI is InChI=1S/C13H25N3O2/c1-9(2)15-12(17)10(3)16-7-5-11(6-8-16)13(18)14-4/h9-11H,5-8H2,1-4H3,(H,14,18)(H,15,17). The first-order valence-electron chi connectivity index (χ1n) is 6.71. The summed E-state index contributed by atoms with van der Waals surface area (Å²) in [5.41, 5.74) is 0. The fraction of sp³-hybridized carbons (Fsp3) is 0.846. The number of hydrogen-bond donors (Lipinski definition) is 2. The molecule has 1 fully saturated rings. The van der Waals surface area contributed by atoms with Crippen molar-refractivity contribution in [3.8, 4) is 0 Å². The molecule has 0 aromatic carbocycles. The molecule has 2 N–H and O–H groups in total. The van der Waals surface area contributed by atoms with Gasteiger partial charge in [0, 0.05) is 19.0 Å². The summed E-state index contributed by atoms with van der Waals surface area (Å²) < 4.78 is 0. The Balaban J connectivity index is 2.42. The smallest absolute Gasteiger partial charge is 0.237 e. The normalized spacial score (nSPS) is 19.6. The van der Waals surface area contributed by atoms with Crippen molar-refractivity contribution in [1.29, 1.82) is 0 Å². The van der Waals surface area contributed by atoms with Crippen molar-refractivity contribution in [3.63, 3.8) is 0 Å². The van der Waals surface area contributed by atoms with Gasteiger partial charge in [0.15, 0.2) is 0 Å². The predicted molar refractivity (Wildman–Crippen MR) is 71.1 cm³/mol. The van der Waals surface area contributed by atoms with Gasteiger partial charge in [0.1, 0.15) is 0 Å². The Kier molecular flexibility index (Phi) is 5.59. The molecule has 0 aromatic heterocycles. The van der Waals surface area contributed by atoms with Crippen LogP contribution >= 0.6 is 0 Å². The number of rotatable bonds is 4. The largest absolute Gasteiger partial charge is 0.359 e. The van der Waals surface area contributed by atoms with Crippen molar-refractivity contribution < 1.29 is 9.59 Å². The zero-order chi connectivity index (χ0) is 13.7. The Bertz CT molecular complexity index is 297. The van der Waals surface area contributed by atoms with Crippen LogP contribution in [0.4, 0.5) is 0 Å². The zero-order valence-electron chi connectivity index (χ0n) is 11.8. The molecule has 2 amide bonds. The van der Waals surface area contributed by atoms with Crippen LogP contribution in [-0.4, -0.2) is 48.9 Å². The Morgan fingerprint density at radius 2 is 1.72 bits per heavy atom. The van der Waals surface area contributed by atoms with Crippen molar-refractivity contribution in [2.75, 3.05) is 20.1 Å². The van der Waals surface area contributed by atoms with Crippen LogP contribution in [0, 0.1) is 5.92 Å². The number of hydrogen-bond acceptors (Lipinski definition) is 3. The maximum atomic E-state index is 11.9. The van der Waals surface area contributed by atoms with Crippen LogP contribution < -0.4 is 10.6 Å². The molecule has 1 aliphatic heterocycles. The number of amides is 2. The van der Waals surface area contributed by atoms with Crippen LogP contribution in [0.2, 0.25) is 0 Å². The summed E-state index contributed by atoms with van der Waals surface area (Å²) in [6.07, 6.45) is 1.66. The van der Waals surface area contributed by atoms with E-state index in [2.05, 4.69) is 15.5 Å². The van der Waals surface area contributed by atoms with Crippen molar-refractivity contribution in [2.24, 2.45) is 5.92 Å². The first-order chi connectivity index (χ1) is 8.45. The van der Waals surface area contributed by atoms with Crippen molar-refractivity contribution in [1.82, 2.24) is 15.5 Å². The monoisotopic (exact) mass is 255 g/mol. The lowest BCUT2D eigenvalue weighted by atomic mass is 9.95. The molecule has 0 saturated carbocycles. The molecule has 1 atom stereocenters. The molecular weight excluding hydrogens is 230 g/mol. The molecule has 1 unspecified atom stereocenters. The molecule has 1 saturated heterocycles. The summed E-state index contributed by atoms with van der Waals surface area (Å²) in [5, 5.41) is 5.62. The van der Waals surface area contributed by atoms with E-state index in [0.29, 0.717) is 0 Å². The van der Waals surface area contributed by atoms with Gasteiger partial charge in [-0.3, -0.25) is 14.5 Å². The van der Waals surface area contributed by atoms with Gasteiger partial charge < -0.3 is 10.6 Å². The first kappa shape index (κ1) is 15.0. The third kappa shape index (κ3) is 3.98. The van der Waals surface area contributed by atoms with Gasteiger partial charge in [0.2, 0.25) is 11.8 Å². The maximum Gasteiger partial charge on any atom is 0.237 e. The average molecular weight is 255 g/mol. The zero-order valence-corrected chi connectivity index (χ0v) is 11.8. The average Bonchev–Trinajstić information content (AvgIpc) is 2.36.